The van der Waals surface area contributed by atoms with E-state index in [2.05, 4.69) is 10.2 Å². The molecule has 0 unspecified atom stereocenters. The minimum Gasteiger partial charge on any atom is -0.490 e. The van der Waals surface area contributed by atoms with Gasteiger partial charge in [0, 0.05) is 10.6 Å². The first-order valence-electron chi connectivity index (χ1n) is 11.4. The first-order valence-corrected chi connectivity index (χ1v) is 13.1. The third-order valence-corrected chi connectivity index (χ3v) is 7.31. The van der Waals surface area contributed by atoms with Gasteiger partial charge in [-0.2, -0.15) is 0 Å². The lowest BCUT2D eigenvalue weighted by atomic mass is 10.1. The number of hydrogen-bond acceptors (Lipinski definition) is 7. The van der Waals surface area contributed by atoms with Crippen molar-refractivity contribution in [3.63, 3.8) is 0 Å². The number of hydrogen-bond donors (Lipinski definition) is 0. The van der Waals surface area contributed by atoms with Crippen molar-refractivity contribution >= 4 is 35.0 Å². The number of ether oxygens (including phenoxy) is 2. The molecule has 192 valence electrons. The molecule has 3 aromatic carbocycles. The Hall–Kier alpha value is -3.27. The second kappa shape index (κ2) is 12.3. The quantitative estimate of drug-likeness (QED) is 0.111. The van der Waals surface area contributed by atoms with Crippen LogP contribution in [0.25, 0.3) is 5.69 Å². The summed E-state index contributed by atoms with van der Waals surface area (Å²) in [5.41, 5.74) is 2.44. The molecule has 37 heavy (non-hydrogen) atoms. The Morgan fingerprint density at radius 3 is 2.49 bits per heavy atom. The van der Waals surface area contributed by atoms with E-state index >= 15 is 0 Å². The summed E-state index contributed by atoms with van der Waals surface area (Å²) in [5, 5.41) is 21.0. The molecule has 0 N–H and O–H groups in total. The number of para-hydroxylation sites is 1. The van der Waals surface area contributed by atoms with Crippen molar-refractivity contribution in [1.82, 2.24) is 14.8 Å². The molecule has 0 aliphatic carbocycles. The van der Waals surface area contributed by atoms with Crippen LogP contribution in [0.1, 0.15) is 29.1 Å². The van der Waals surface area contributed by atoms with E-state index in [0.29, 0.717) is 44.7 Å². The van der Waals surface area contributed by atoms with Crippen molar-refractivity contribution in [3.8, 4) is 17.2 Å². The maximum atomic E-state index is 11.6. The summed E-state index contributed by atoms with van der Waals surface area (Å²) in [6, 6.07) is 20.3. The van der Waals surface area contributed by atoms with E-state index in [1.807, 2.05) is 60.9 Å². The molecule has 8 nitrogen and oxygen atoms in total. The van der Waals surface area contributed by atoms with Gasteiger partial charge in [-0.05, 0) is 61.4 Å². The fraction of sp³-hybridized carbons (Fsp3) is 0.231. The van der Waals surface area contributed by atoms with Gasteiger partial charge in [0.1, 0.15) is 17.7 Å². The van der Waals surface area contributed by atoms with Crippen LogP contribution in [0.4, 0.5) is 0 Å². The highest BCUT2D eigenvalue weighted by atomic mass is 35.5. The number of halogens is 2. The molecule has 1 aromatic heterocycles. The number of aromatic nitrogens is 3. The SMILES string of the molecule is CCOc1cc([C@H](C[N+](=O)[O-])Sc2nnc(C)n2-c2ccccc2)ccc1OCc1ccc(Cl)c(Cl)c1. The monoisotopic (exact) mass is 558 g/mol. The van der Waals surface area contributed by atoms with E-state index in [1.165, 1.54) is 11.8 Å². The predicted molar refractivity (Wildman–Crippen MR) is 145 cm³/mol. The van der Waals surface area contributed by atoms with Gasteiger partial charge in [0.15, 0.2) is 16.7 Å². The third kappa shape index (κ3) is 6.74. The van der Waals surface area contributed by atoms with E-state index in [1.54, 1.807) is 24.3 Å². The summed E-state index contributed by atoms with van der Waals surface area (Å²) in [4.78, 5) is 11.3. The molecule has 1 atom stereocenters. The molecule has 0 aliphatic rings. The molecule has 11 heteroatoms. The van der Waals surface area contributed by atoms with Crippen LogP contribution in [0.5, 0.6) is 11.5 Å². The van der Waals surface area contributed by atoms with E-state index < -0.39 is 5.25 Å². The lowest BCUT2D eigenvalue weighted by Gasteiger charge is -2.17. The lowest BCUT2D eigenvalue weighted by Crippen LogP contribution is -2.11. The third-order valence-electron chi connectivity index (χ3n) is 5.39. The van der Waals surface area contributed by atoms with Crippen LogP contribution in [0.15, 0.2) is 71.9 Å². The predicted octanol–water partition coefficient (Wildman–Crippen LogP) is 6.97. The Balaban J connectivity index is 1.61. The van der Waals surface area contributed by atoms with Crippen LogP contribution < -0.4 is 9.47 Å². The molecule has 4 aromatic rings. The number of aryl methyl sites for hydroxylation is 1. The van der Waals surface area contributed by atoms with Crippen molar-refractivity contribution in [2.75, 3.05) is 13.2 Å². The number of thioether (sulfide) groups is 1. The fourth-order valence-corrected chi connectivity index (χ4v) is 5.15. The molecule has 0 radical (unpaired) electrons. The molecule has 0 saturated heterocycles. The van der Waals surface area contributed by atoms with Crippen molar-refractivity contribution in [2.24, 2.45) is 0 Å². The average molecular weight is 559 g/mol. The summed E-state index contributed by atoms with van der Waals surface area (Å²) < 4.78 is 13.7. The topological polar surface area (TPSA) is 92.3 Å². The number of rotatable bonds is 11. The lowest BCUT2D eigenvalue weighted by molar-refractivity contribution is -0.479. The van der Waals surface area contributed by atoms with Crippen molar-refractivity contribution in [3.05, 3.63) is 104 Å². The van der Waals surface area contributed by atoms with E-state index in [4.69, 9.17) is 32.7 Å². The van der Waals surface area contributed by atoms with Crippen LogP contribution in [-0.4, -0.2) is 32.8 Å². The maximum Gasteiger partial charge on any atom is 0.220 e. The second-order valence-electron chi connectivity index (χ2n) is 8.00. The summed E-state index contributed by atoms with van der Waals surface area (Å²) in [7, 11) is 0. The van der Waals surface area contributed by atoms with E-state index in [-0.39, 0.29) is 18.1 Å². The van der Waals surface area contributed by atoms with Crippen molar-refractivity contribution in [2.45, 2.75) is 30.9 Å². The van der Waals surface area contributed by atoms with Crippen LogP contribution in [0, 0.1) is 17.0 Å². The highest BCUT2D eigenvalue weighted by Gasteiger charge is 2.25. The Morgan fingerprint density at radius 2 is 1.78 bits per heavy atom. The van der Waals surface area contributed by atoms with Crippen LogP contribution >= 0.6 is 35.0 Å². The first-order chi connectivity index (χ1) is 17.9. The molecule has 1 heterocycles. The molecule has 0 saturated carbocycles. The fourth-order valence-electron chi connectivity index (χ4n) is 3.67. The van der Waals surface area contributed by atoms with Crippen LogP contribution in [0.2, 0.25) is 10.0 Å². The minimum absolute atomic E-state index is 0.253. The minimum atomic E-state index is -0.538. The summed E-state index contributed by atoms with van der Waals surface area (Å²) in [5.74, 6) is 1.70. The molecule has 0 spiro atoms. The zero-order chi connectivity index (χ0) is 26.4. The van der Waals surface area contributed by atoms with Gasteiger partial charge in [0.25, 0.3) is 0 Å². The average Bonchev–Trinajstić information content (AvgIpc) is 3.25. The molecule has 4 rings (SSSR count). The smallest absolute Gasteiger partial charge is 0.220 e. The Kier molecular flexibility index (Phi) is 8.91. The zero-order valence-corrected chi connectivity index (χ0v) is 22.5. The summed E-state index contributed by atoms with van der Waals surface area (Å²) in [6.45, 7) is 4.06. The van der Waals surface area contributed by atoms with E-state index in [9.17, 15) is 10.1 Å². The van der Waals surface area contributed by atoms with Gasteiger partial charge >= 0.3 is 0 Å². The largest absolute Gasteiger partial charge is 0.490 e. The van der Waals surface area contributed by atoms with Crippen LogP contribution in [0.3, 0.4) is 0 Å². The normalized spacial score (nSPS) is 11.8. The zero-order valence-electron chi connectivity index (χ0n) is 20.1. The van der Waals surface area contributed by atoms with Gasteiger partial charge in [0.05, 0.1) is 16.7 Å². The summed E-state index contributed by atoms with van der Waals surface area (Å²) >= 11 is 13.4. The highest BCUT2D eigenvalue weighted by Crippen LogP contribution is 2.40. The molecule has 0 bridgehead atoms. The van der Waals surface area contributed by atoms with Gasteiger partial charge in [-0.15, -0.1) is 10.2 Å². The Labute approximate surface area is 228 Å². The molecular weight excluding hydrogens is 535 g/mol. The van der Waals surface area contributed by atoms with Crippen molar-refractivity contribution < 1.29 is 14.4 Å². The van der Waals surface area contributed by atoms with Crippen LogP contribution in [-0.2, 0) is 6.61 Å². The van der Waals surface area contributed by atoms with E-state index in [0.717, 1.165) is 11.3 Å². The molecule has 0 fully saturated rings. The summed E-state index contributed by atoms with van der Waals surface area (Å²) in [6.07, 6.45) is 0. The molecule has 0 aliphatic heterocycles. The Morgan fingerprint density at radius 1 is 1.00 bits per heavy atom. The second-order valence-corrected chi connectivity index (χ2v) is 9.98. The Bertz CT molecular complexity index is 1380. The number of nitrogens with zero attached hydrogens (tertiary/aromatic N) is 4. The van der Waals surface area contributed by atoms with Gasteiger partial charge in [0.2, 0.25) is 6.54 Å². The van der Waals surface area contributed by atoms with Gasteiger partial charge < -0.3 is 9.47 Å². The standard InChI is InChI=1S/C26H24Cl2N4O4S/c1-3-35-24-14-19(10-12-23(24)36-16-18-9-11-21(27)22(28)13-18)25(15-31(33)34)37-26-30-29-17(2)32(26)20-7-5-4-6-8-20/h4-14,25H,3,15-16H2,1-2H3/t25-/m0/s1. The van der Waals surface area contributed by atoms with Crippen molar-refractivity contribution in [1.29, 1.82) is 0 Å². The molecule has 0 amide bonds. The van der Waals surface area contributed by atoms with Gasteiger partial charge in [-0.1, -0.05) is 65.3 Å². The number of nitro groups is 1. The van der Waals surface area contributed by atoms with Gasteiger partial charge in [-0.3, -0.25) is 14.7 Å². The highest BCUT2D eigenvalue weighted by molar-refractivity contribution is 7.99. The first kappa shape index (κ1) is 26.8. The van der Waals surface area contributed by atoms with Gasteiger partial charge in [-0.25, -0.2) is 0 Å². The molecular formula is C26H24Cl2N4O4S. The maximum absolute atomic E-state index is 11.6. The number of benzene rings is 3.